The molecule has 0 bridgehead atoms. The average Bonchev–Trinajstić information content (AvgIpc) is 3.82. The van der Waals surface area contributed by atoms with Gasteiger partial charge in [-0.25, -0.2) is 4.98 Å². The molecule has 1 aliphatic rings. The largest absolute Gasteiger partial charge is 0.476 e. The normalized spacial score (nSPS) is 17.6. The van der Waals surface area contributed by atoms with Crippen LogP contribution in [0.4, 0.5) is 0 Å². The molecule has 3 heterocycles. The molecule has 4 atom stereocenters. The molecule has 0 saturated carbocycles. The smallest absolute Gasteiger partial charge is 0.254 e. The van der Waals surface area contributed by atoms with Gasteiger partial charge in [0.2, 0.25) is 11.8 Å². The van der Waals surface area contributed by atoms with Crippen LogP contribution in [0.3, 0.4) is 0 Å². The SMILES string of the molecule is COC(CCCCCCCCOc1cc(C(C(=O)N2C[C@H](O)C[C@H]2C(=O)NC(C)c2ccc(-c3scnc3C)cc2)C(C)C)on1)OC. The molecule has 1 aromatic carbocycles. The summed E-state index contributed by atoms with van der Waals surface area (Å²) >= 11 is 1.60. The Hall–Kier alpha value is -3.32. The van der Waals surface area contributed by atoms with Crippen LogP contribution in [-0.2, 0) is 19.1 Å². The van der Waals surface area contributed by atoms with Crippen LogP contribution in [0, 0.1) is 12.8 Å². The second kappa shape index (κ2) is 18.4. The third-order valence-corrected chi connectivity index (χ3v) is 9.98. The highest BCUT2D eigenvalue weighted by Gasteiger charge is 2.43. The lowest BCUT2D eigenvalue weighted by Crippen LogP contribution is -2.48. The number of methoxy groups -OCH3 is 2. The van der Waals surface area contributed by atoms with Crippen LogP contribution in [0.15, 0.2) is 40.4 Å². The summed E-state index contributed by atoms with van der Waals surface area (Å²) in [6, 6.07) is 8.63. The lowest BCUT2D eigenvalue weighted by atomic mass is 9.91. The molecule has 2 aromatic heterocycles. The van der Waals surface area contributed by atoms with Gasteiger partial charge in [-0.05, 0) is 55.3 Å². The molecule has 2 unspecified atom stereocenters. The summed E-state index contributed by atoms with van der Waals surface area (Å²) in [7, 11) is 3.33. The molecule has 264 valence electrons. The number of likely N-dealkylation sites (tertiary alicyclic amines) is 1. The highest BCUT2D eigenvalue weighted by molar-refractivity contribution is 7.13. The van der Waals surface area contributed by atoms with Crippen LogP contribution in [0.5, 0.6) is 5.88 Å². The highest BCUT2D eigenvalue weighted by Crippen LogP contribution is 2.33. The summed E-state index contributed by atoms with van der Waals surface area (Å²) in [5.41, 5.74) is 4.84. The standard InChI is InChI=1S/C36H52N4O7S/c1-23(2)33(30-20-31(39-47-30)46-18-12-10-8-7-9-11-13-32(44-5)45-6)36(43)40-21-28(41)19-29(40)35(42)38-24(3)26-14-16-27(17-15-26)34-25(4)37-22-48-34/h14-17,20,22-24,28-29,32-33,41H,7-13,18-19,21H2,1-6H3,(H,38,42)/t24?,28-,29+,33?/m1/s1. The van der Waals surface area contributed by atoms with E-state index >= 15 is 0 Å². The summed E-state index contributed by atoms with van der Waals surface area (Å²) in [6.45, 7) is 8.34. The summed E-state index contributed by atoms with van der Waals surface area (Å²) < 4.78 is 21.9. The fourth-order valence-electron chi connectivity index (χ4n) is 6.23. The van der Waals surface area contributed by atoms with E-state index in [1.807, 2.05) is 57.5 Å². The van der Waals surface area contributed by atoms with Gasteiger partial charge in [0.25, 0.3) is 5.88 Å². The first-order valence-corrected chi connectivity index (χ1v) is 17.9. The van der Waals surface area contributed by atoms with Crippen molar-refractivity contribution in [1.82, 2.24) is 20.4 Å². The van der Waals surface area contributed by atoms with Gasteiger partial charge < -0.3 is 34.1 Å². The van der Waals surface area contributed by atoms with E-state index in [9.17, 15) is 14.7 Å². The number of unbranched alkanes of at least 4 members (excludes halogenated alkanes) is 5. The molecule has 48 heavy (non-hydrogen) atoms. The van der Waals surface area contributed by atoms with Crippen LogP contribution < -0.4 is 10.1 Å². The molecule has 0 radical (unpaired) electrons. The summed E-state index contributed by atoms with van der Waals surface area (Å²) in [4.78, 5) is 34.4. The molecule has 1 fully saturated rings. The predicted octanol–water partition coefficient (Wildman–Crippen LogP) is 6.41. The zero-order valence-corrected chi connectivity index (χ0v) is 30.0. The number of aromatic nitrogens is 2. The lowest BCUT2D eigenvalue weighted by Gasteiger charge is -2.29. The van der Waals surface area contributed by atoms with Gasteiger partial charge in [0.1, 0.15) is 12.0 Å². The fraction of sp³-hybridized carbons (Fsp3) is 0.611. The Bertz CT molecular complexity index is 1420. The third kappa shape index (κ3) is 10.1. The average molecular weight is 685 g/mol. The molecule has 4 rings (SSSR count). The molecule has 3 aromatic rings. The van der Waals surface area contributed by atoms with Gasteiger partial charge in [-0.1, -0.05) is 63.8 Å². The van der Waals surface area contributed by atoms with Gasteiger partial charge in [-0.3, -0.25) is 9.59 Å². The maximum atomic E-state index is 14.0. The van der Waals surface area contributed by atoms with E-state index in [2.05, 4.69) is 15.5 Å². The molecule has 2 amide bonds. The number of ether oxygens (including phenoxy) is 3. The Morgan fingerprint density at radius 3 is 2.40 bits per heavy atom. The molecule has 1 aliphatic heterocycles. The first kappa shape index (κ1) is 37.5. The number of aryl methyl sites for hydroxylation is 1. The quantitative estimate of drug-likeness (QED) is 0.108. The van der Waals surface area contributed by atoms with E-state index < -0.39 is 18.1 Å². The number of nitrogens with one attached hydrogen (secondary N) is 1. The van der Waals surface area contributed by atoms with Crippen molar-refractivity contribution in [2.45, 2.75) is 109 Å². The number of thiazole rings is 1. The molecule has 2 N–H and O–H groups in total. The fourth-order valence-corrected chi connectivity index (χ4v) is 7.04. The van der Waals surface area contributed by atoms with Gasteiger partial charge in [0.15, 0.2) is 12.1 Å². The zero-order chi connectivity index (χ0) is 34.6. The van der Waals surface area contributed by atoms with E-state index in [4.69, 9.17) is 18.7 Å². The summed E-state index contributed by atoms with van der Waals surface area (Å²) in [5.74, 6) is -0.652. The Morgan fingerprint density at radius 1 is 1.06 bits per heavy atom. The monoisotopic (exact) mass is 684 g/mol. The third-order valence-electron chi connectivity index (χ3n) is 9.00. The highest BCUT2D eigenvalue weighted by atomic mass is 32.1. The number of hydrogen-bond acceptors (Lipinski definition) is 10. The Balaban J connectivity index is 1.28. The summed E-state index contributed by atoms with van der Waals surface area (Å²) in [6.07, 6.45) is 6.58. The van der Waals surface area contributed by atoms with Crippen LogP contribution in [-0.4, -0.2) is 77.8 Å². The van der Waals surface area contributed by atoms with Crippen LogP contribution >= 0.6 is 11.3 Å². The molecule has 0 spiro atoms. The summed E-state index contributed by atoms with van der Waals surface area (Å²) in [5, 5.41) is 17.7. The zero-order valence-electron chi connectivity index (χ0n) is 29.1. The van der Waals surface area contributed by atoms with Crippen molar-refractivity contribution in [3.63, 3.8) is 0 Å². The minimum Gasteiger partial charge on any atom is -0.476 e. The maximum Gasteiger partial charge on any atom is 0.254 e. The van der Waals surface area contributed by atoms with Gasteiger partial charge in [0.05, 0.1) is 34.8 Å². The van der Waals surface area contributed by atoms with E-state index in [0.29, 0.717) is 18.2 Å². The molecular weight excluding hydrogens is 632 g/mol. The Kier molecular flexibility index (Phi) is 14.4. The number of aliphatic hydroxyl groups excluding tert-OH is 1. The number of rotatable bonds is 19. The minimum atomic E-state index is -0.796. The Labute approximate surface area is 288 Å². The molecule has 1 saturated heterocycles. The van der Waals surface area contributed by atoms with Gasteiger partial charge in [0, 0.05) is 33.3 Å². The van der Waals surface area contributed by atoms with Crippen LogP contribution in [0.1, 0.15) is 101 Å². The van der Waals surface area contributed by atoms with E-state index in [0.717, 1.165) is 66.6 Å². The first-order valence-electron chi connectivity index (χ1n) is 17.1. The van der Waals surface area contributed by atoms with E-state index in [-0.39, 0.29) is 43.0 Å². The van der Waals surface area contributed by atoms with Crippen molar-refractivity contribution in [3.8, 4) is 16.3 Å². The predicted molar refractivity (Wildman–Crippen MR) is 185 cm³/mol. The second-order valence-electron chi connectivity index (χ2n) is 13.0. The van der Waals surface area contributed by atoms with Crippen molar-refractivity contribution in [1.29, 1.82) is 0 Å². The van der Waals surface area contributed by atoms with Gasteiger partial charge in [-0.2, -0.15) is 0 Å². The topological polar surface area (TPSA) is 136 Å². The minimum absolute atomic E-state index is 0.0776. The number of nitrogens with zero attached hydrogens (tertiary/aromatic N) is 3. The van der Waals surface area contributed by atoms with Crippen LogP contribution in [0.25, 0.3) is 10.4 Å². The van der Waals surface area contributed by atoms with Crippen molar-refractivity contribution in [2.75, 3.05) is 27.4 Å². The number of amides is 2. The van der Waals surface area contributed by atoms with Crippen molar-refractivity contribution in [2.24, 2.45) is 5.92 Å². The maximum absolute atomic E-state index is 14.0. The molecule has 12 heteroatoms. The number of carbonyl (C=O) groups is 2. The van der Waals surface area contributed by atoms with E-state index in [1.165, 1.54) is 4.90 Å². The number of β-amino-alcohol motifs (C(OH)–C–C–N with tert-alkyl or cyclic N) is 1. The molecule has 0 aliphatic carbocycles. The van der Waals surface area contributed by atoms with Gasteiger partial charge >= 0.3 is 0 Å². The number of carbonyl (C=O) groups excluding carboxylic acids is 2. The lowest BCUT2D eigenvalue weighted by molar-refractivity contribution is -0.141. The number of benzene rings is 1. The van der Waals surface area contributed by atoms with Crippen molar-refractivity contribution < 1.29 is 33.4 Å². The first-order chi connectivity index (χ1) is 23.1. The van der Waals surface area contributed by atoms with Gasteiger partial charge in [-0.15, -0.1) is 11.3 Å². The number of aliphatic hydroxyl groups is 1. The van der Waals surface area contributed by atoms with Crippen molar-refractivity contribution >= 4 is 23.2 Å². The Morgan fingerprint density at radius 2 is 1.75 bits per heavy atom. The van der Waals surface area contributed by atoms with E-state index in [1.54, 1.807) is 31.6 Å². The van der Waals surface area contributed by atoms with Crippen LogP contribution in [0.2, 0.25) is 0 Å². The van der Waals surface area contributed by atoms with Crippen molar-refractivity contribution in [3.05, 3.63) is 52.9 Å². The second-order valence-corrected chi connectivity index (χ2v) is 13.8. The molecule has 11 nitrogen and oxygen atoms in total. The molecular formula is C36H52N4O7S. The number of hydrogen-bond donors (Lipinski definition) is 2.